The molecule has 2 aromatic rings. The summed E-state index contributed by atoms with van der Waals surface area (Å²) < 4.78 is 5.87. The van der Waals surface area contributed by atoms with Gasteiger partial charge in [-0.25, -0.2) is 9.97 Å². The molecule has 0 spiro atoms. The van der Waals surface area contributed by atoms with E-state index in [0.29, 0.717) is 4.73 Å². The average Bonchev–Trinajstić information content (AvgIpc) is 2.29. The van der Waals surface area contributed by atoms with Gasteiger partial charge in [0.1, 0.15) is 5.75 Å². The van der Waals surface area contributed by atoms with Gasteiger partial charge in [0.2, 0.25) is 0 Å². The molecule has 0 aliphatic heterocycles. The maximum absolute atomic E-state index is 5.22. The Morgan fingerprint density at radius 3 is 2.81 bits per heavy atom. The Kier molecular flexibility index (Phi) is 3.39. The van der Waals surface area contributed by atoms with Crippen molar-refractivity contribution >= 4 is 26.8 Å². The van der Waals surface area contributed by atoms with Gasteiger partial charge in [0.25, 0.3) is 0 Å². The highest BCUT2D eigenvalue weighted by Crippen LogP contribution is 2.24. The molecule has 0 amide bonds. The molecule has 1 aromatic heterocycles. The quantitative estimate of drug-likeness (QED) is 0.809. The molecular weight excluding hydrogens is 268 g/mol. The van der Waals surface area contributed by atoms with Crippen LogP contribution in [0.25, 0.3) is 10.9 Å². The van der Waals surface area contributed by atoms with Crippen LogP contribution in [0.15, 0.2) is 22.9 Å². The monoisotopic (exact) mass is 280 g/mol. The van der Waals surface area contributed by atoms with Gasteiger partial charge in [-0.05, 0) is 40.5 Å². The highest BCUT2D eigenvalue weighted by Gasteiger charge is 2.06. The number of methoxy groups -OCH3 is 1. The van der Waals surface area contributed by atoms with E-state index in [2.05, 4.69) is 32.8 Å². The largest absolute Gasteiger partial charge is 0.497 e. The third kappa shape index (κ3) is 2.16. The molecule has 16 heavy (non-hydrogen) atoms. The number of halogens is 1. The van der Waals surface area contributed by atoms with Crippen molar-refractivity contribution in [2.75, 3.05) is 7.11 Å². The first-order chi connectivity index (χ1) is 7.74. The lowest BCUT2D eigenvalue weighted by molar-refractivity contribution is 0.415. The van der Waals surface area contributed by atoms with Crippen molar-refractivity contribution < 1.29 is 4.74 Å². The number of hydrogen-bond donors (Lipinski definition) is 0. The van der Waals surface area contributed by atoms with Gasteiger partial charge >= 0.3 is 0 Å². The SMILES string of the molecule is CCCc1nc(Br)nc2ccc(OC)cc12. The summed E-state index contributed by atoms with van der Waals surface area (Å²) in [6.45, 7) is 2.14. The Hall–Kier alpha value is -1.16. The Balaban J connectivity index is 2.65. The van der Waals surface area contributed by atoms with Crippen LogP contribution in [0, 0.1) is 0 Å². The van der Waals surface area contributed by atoms with E-state index in [4.69, 9.17) is 4.74 Å². The molecule has 0 aliphatic rings. The molecule has 0 saturated carbocycles. The molecule has 2 rings (SSSR count). The Morgan fingerprint density at radius 2 is 2.12 bits per heavy atom. The van der Waals surface area contributed by atoms with Gasteiger partial charge in [0.05, 0.1) is 18.3 Å². The van der Waals surface area contributed by atoms with Crippen LogP contribution in [0.2, 0.25) is 0 Å². The van der Waals surface area contributed by atoms with Crippen molar-refractivity contribution in [3.05, 3.63) is 28.6 Å². The molecule has 4 heteroatoms. The van der Waals surface area contributed by atoms with E-state index < -0.39 is 0 Å². The van der Waals surface area contributed by atoms with E-state index in [-0.39, 0.29) is 0 Å². The number of hydrogen-bond acceptors (Lipinski definition) is 3. The topological polar surface area (TPSA) is 35.0 Å². The summed E-state index contributed by atoms with van der Waals surface area (Å²) in [5.41, 5.74) is 2.02. The second-order valence-corrected chi connectivity index (χ2v) is 4.28. The fourth-order valence-electron chi connectivity index (χ4n) is 1.69. The lowest BCUT2D eigenvalue weighted by atomic mass is 10.1. The van der Waals surface area contributed by atoms with Crippen LogP contribution >= 0.6 is 15.9 Å². The van der Waals surface area contributed by atoms with Crippen LogP contribution in [-0.2, 0) is 6.42 Å². The smallest absolute Gasteiger partial charge is 0.197 e. The van der Waals surface area contributed by atoms with Crippen LogP contribution in [0.4, 0.5) is 0 Å². The molecule has 1 aromatic carbocycles. The molecule has 1 heterocycles. The summed E-state index contributed by atoms with van der Waals surface area (Å²) in [6, 6.07) is 5.87. The molecule has 0 fully saturated rings. The molecule has 84 valence electrons. The van der Waals surface area contributed by atoms with Crippen molar-refractivity contribution in [1.82, 2.24) is 9.97 Å². The molecule has 0 bridgehead atoms. The molecule has 0 radical (unpaired) electrons. The van der Waals surface area contributed by atoms with Gasteiger partial charge in [-0.15, -0.1) is 0 Å². The van der Waals surface area contributed by atoms with Crippen molar-refractivity contribution in [3.8, 4) is 5.75 Å². The fraction of sp³-hybridized carbons (Fsp3) is 0.333. The van der Waals surface area contributed by atoms with Crippen LogP contribution in [0.1, 0.15) is 19.0 Å². The Bertz CT molecular complexity index is 514. The highest BCUT2D eigenvalue weighted by atomic mass is 79.9. The molecular formula is C12H13BrN2O. The highest BCUT2D eigenvalue weighted by molar-refractivity contribution is 9.10. The molecule has 0 N–H and O–H groups in total. The first-order valence-electron chi connectivity index (χ1n) is 5.24. The van der Waals surface area contributed by atoms with E-state index in [1.165, 1.54) is 0 Å². The summed E-state index contributed by atoms with van der Waals surface area (Å²) in [7, 11) is 1.67. The molecule has 0 aliphatic carbocycles. The zero-order valence-electron chi connectivity index (χ0n) is 9.33. The summed E-state index contributed by atoms with van der Waals surface area (Å²) >= 11 is 3.34. The number of aromatic nitrogens is 2. The first-order valence-corrected chi connectivity index (χ1v) is 6.04. The number of ether oxygens (including phenoxy) is 1. The summed E-state index contributed by atoms with van der Waals surface area (Å²) in [5, 5.41) is 1.07. The van der Waals surface area contributed by atoms with Gasteiger partial charge in [-0.3, -0.25) is 0 Å². The maximum atomic E-state index is 5.22. The number of nitrogens with zero attached hydrogens (tertiary/aromatic N) is 2. The summed E-state index contributed by atoms with van der Waals surface area (Å²) in [6.07, 6.45) is 2.01. The van der Waals surface area contributed by atoms with Gasteiger partial charge in [-0.1, -0.05) is 13.3 Å². The standard InChI is InChI=1S/C12H13BrN2O/c1-3-4-10-9-7-8(16-2)5-6-11(9)15-12(13)14-10/h5-7H,3-4H2,1-2H3. The van der Waals surface area contributed by atoms with Gasteiger partial charge in [-0.2, -0.15) is 0 Å². The van der Waals surface area contributed by atoms with Crippen molar-refractivity contribution in [2.45, 2.75) is 19.8 Å². The van der Waals surface area contributed by atoms with Crippen LogP contribution in [0.3, 0.4) is 0 Å². The van der Waals surface area contributed by atoms with Crippen LogP contribution in [0.5, 0.6) is 5.75 Å². The summed E-state index contributed by atoms with van der Waals surface area (Å²) in [4.78, 5) is 8.76. The molecule has 3 nitrogen and oxygen atoms in total. The van der Waals surface area contributed by atoms with E-state index >= 15 is 0 Å². The minimum atomic E-state index is 0.647. The normalized spacial score (nSPS) is 10.7. The van der Waals surface area contributed by atoms with E-state index in [9.17, 15) is 0 Å². The third-order valence-corrected chi connectivity index (χ3v) is 2.80. The second-order valence-electron chi connectivity index (χ2n) is 3.57. The van der Waals surface area contributed by atoms with Gasteiger partial charge in [0.15, 0.2) is 4.73 Å². The lowest BCUT2D eigenvalue weighted by Gasteiger charge is -2.06. The second kappa shape index (κ2) is 4.78. The number of rotatable bonds is 3. The minimum Gasteiger partial charge on any atom is -0.497 e. The van der Waals surface area contributed by atoms with E-state index in [1.54, 1.807) is 7.11 Å². The van der Waals surface area contributed by atoms with Crippen LogP contribution < -0.4 is 4.74 Å². The number of aryl methyl sites for hydroxylation is 1. The zero-order chi connectivity index (χ0) is 11.5. The van der Waals surface area contributed by atoms with E-state index in [0.717, 1.165) is 35.2 Å². The average molecular weight is 281 g/mol. The molecule has 0 saturated heterocycles. The number of benzene rings is 1. The number of fused-ring (bicyclic) bond motifs is 1. The minimum absolute atomic E-state index is 0.647. The van der Waals surface area contributed by atoms with Gasteiger partial charge in [0, 0.05) is 5.39 Å². The first kappa shape index (κ1) is 11.3. The summed E-state index contributed by atoms with van der Waals surface area (Å²) in [5.74, 6) is 0.843. The zero-order valence-corrected chi connectivity index (χ0v) is 10.9. The van der Waals surface area contributed by atoms with Crippen molar-refractivity contribution in [1.29, 1.82) is 0 Å². The Morgan fingerprint density at radius 1 is 1.31 bits per heavy atom. The van der Waals surface area contributed by atoms with Crippen LogP contribution in [-0.4, -0.2) is 17.1 Å². The molecule has 0 unspecified atom stereocenters. The lowest BCUT2D eigenvalue weighted by Crippen LogP contribution is -1.96. The Labute approximate surface area is 103 Å². The van der Waals surface area contributed by atoms with Gasteiger partial charge < -0.3 is 4.74 Å². The van der Waals surface area contributed by atoms with Crippen molar-refractivity contribution in [2.24, 2.45) is 0 Å². The third-order valence-electron chi connectivity index (χ3n) is 2.44. The van der Waals surface area contributed by atoms with Crippen molar-refractivity contribution in [3.63, 3.8) is 0 Å². The van der Waals surface area contributed by atoms with E-state index in [1.807, 2.05) is 18.2 Å². The predicted octanol–water partition coefficient (Wildman–Crippen LogP) is 3.35. The fourth-order valence-corrected chi connectivity index (χ4v) is 2.10. The molecule has 0 atom stereocenters. The maximum Gasteiger partial charge on any atom is 0.197 e. The predicted molar refractivity (Wildman–Crippen MR) is 67.8 cm³/mol.